The third-order valence-electron chi connectivity index (χ3n) is 3.11. The molecular formula is C17H15F3O. The molecule has 2 aromatic rings. The Kier molecular flexibility index (Phi) is 4.46. The predicted octanol–water partition coefficient (Wildman–Crippen LogP) is 4.53. The monoisotopic (exact) mass is 292 g/mol. The van der Waals surface area contributed by atoms with Gasteiger partial charge in [0.1, 0.15) is 0 Å². The number of benzene rings is 2. The third-order valence-corrected chi connectivity index (χ3v) is 3.11. The highest BCUT2D eigenvalue weighted by Gasteiger charge is 2.20. The maximum Gasteiger partial charge on any atom is 0.196 e. The van der Waals surface area contributed by atoms with Crippen molar-refractivity contribution in [1.29, 1.82) is 0 Å². The highest BCUT2D eigenvalue weighted by Crippen LogP contribution is 2.20. The molecule has 0 saturated carbocycles. The summed E-state index contributed by atoms with van der Waals surface area (Å²) >= 11 is 0. The standard InChI is InChI=1S/C17H15F3O/c1-10(2)8-11-4-3-5-12(9-11)17(21)13-6-7-14(18)16(20)15(13)19/h3-7,9-10H,8H2,1-2H3. The molecule has 2 aromatic carbocycles. The zero-order valence-electron chi connectivity index (χ0n) is 11.8. The van der Waals surface area contributed by atoms with E-state index in [0.29, 0.717) is 5.92 Å². The zero-order chi connectivity index (χ0) is 15.6. The maximum atomic E-state index is 13.7. The molecule has 0 N–H and O–H groups in total. The molecule has 4 heteroatoms. The van der Waals surface area contributed by atoms with E-state index in [0.717, 1.165) is 24.1 Å². The lowest BCUT2D eigenvalue weighted by Gasteiger charge is -2.08. The Morgan fingerprint density at radius 3 is 2.43 bits per heavy atom. The second-order valence-corrected chi connectivity index (χ2v) is 5.35. The van der Waals surface area contributed by atoms with Crippen LogP contribution in [0.2, 0.25) is 0 Å². The lowest BCUT2D eigenvalue weighted by atomic mass is 9.97. The topological polar surface area (TPSA) is 17.1 Å². The molecule has 0 aliphatic carbocycles. The molecule has 2 rings (SSSR count). The lowest BCUT2D eigenvalue weighted by molar-refractivity contribution is 0.103. The number of carbonyl (C=O) groups is 1. The van der Waals surface area contributed by atoms with Crippen molar-refractivity contribution in [2.24, 2.45) is 5.92 Å². The van der Waals surface area contributed by atoms with Gasteiger partial charge in [-0.1, -0.05) is 32.0 Å². The highest BCUT2D eigenvalue weighted by atomic mass is 19.2. The predicted molar refractivity (Wildman–Crippen MR) is 74.7 cm³/mol. The van der Waals surface area contributed by atoms with Gasteiger partial charge >= 0.3 is 0 Å². The van der Waals surface area contributed by atoms with Crippen LogP contribution in [0.25, 0.3) is 0 Å². The summed E-state index contributed by atoms with van der Waals surface area (Å²) in [6, 6.07) is 8.48. The quantitative estimate of drug-likeness (QED) is 0.597. The van der Waals surface area contributed by atoms with Crippen molar-refractivity contribution in [3.8, 4) is 0 Å². The van der Waals surface area contributed by atoms with Gasteiger partial charge in [-0.3, -0.25) is 4.79 Å². The van der Waals surface area contributed by atoms with Crippen LogP contribution in [0.3, 0.4) is 0 Å². The Labute approximate surface area is 121 Å². The number of ketones is 1. The minimum absolute atomic E-state index is 0.262. The second kappa shape index (κ2) is 6.12. The molecule has 1 nitrogen and oxygen atoms in total. The van der Waals surface area contributed by atoms with Gasteiger partial charge in [-0.15, -0.1) is 0 Å². The summed E-state index contributed by atoms with van der Waals surface area (Å²) in [4.78, 5) is 12.2. The third kappa shape index (κ3) is 3.32. The van der Waals surface area contributed by atoms with Crippen molar-refractivity contribution in [2.75, 3.05) is 0 Å². The lowest BCUT2D eigenvalue weighted by Crippen LogP contribution is -2.08. The van der Waals surface area contributed by atoms with E-state index in [-0.39, 0.29) is 5.56 Å². The van der Waals surface area contributed by atoms with Crippen LogP contribution in [-0.2, 0) is 6.42 Å². The van der Waals surface area contributed by atoms with Crippen LogP contribution >= 0.6 is 0 Å². The summed E-state index contributed by atoms with van der Waals surface area (Å²) in [5.74, 6) is -4.63. The summed E-state index contributed by atoms with van der Waals surface area (Å²) in [6.45, 7) is 4.09. The molecular weight excluding hydrogens is 277 g/mol. The molecule has 0 atom stereocenters. The van der Waals surface area contributed by atoms with E-state index in [1.54, 1.807) is 12.1 Å². The van der Waals surface area contributed by atoms with Crippen LogP contribution in [0.5, 0.6) is 0 Å². The molecule has 21 heavy (non-hydrogen) atoms. The summed E-state index contributed by atoms with van der Waals surface area (Å²) in [6.07, 6.45) is 0.779. The summed E-state index contributed by atoms with van der Waals surface area (Å²) in [7, 11) is 0. The van der Waals surface area contributed by atoms with Crippen molar-refractivity contribution in [1.82, 2.24) is 0 Å². The molecule has 0 saturated heterocycles. The SMILES string of the molecule is CC(C)Cc1cccc(C(=O)c2ccc(F)c(F)c2F)c1. The largest absolute Gasteiger partial charge is 0.288 e. The van der Waals surface area contributed by atoms with Crippen LogP contribution in [0.15, 0.2) is 36.4 Å². The molecule has 0 bridgehead atoms. The molecule has 0 radical (unpaired) electrons. The molecule has 0 fully saturated rings. The average Bonchev–Trinajstić information content (AvgIpc) is 2.44. The minimum Gasteiger partial charge on any atom is -0.288 e. The second-order valence-electron chi connectivity index (χ2n) is 5.35. The van der Waals surface area contributed by atoms with Gasteiger partial charge in [0, 0.05) is 5.56 Å². The van der Waals surface area contributed by atoms with Gasteiger partial charge in [-0.2, -0.15) is 0 Å². The first-order chi connectivity index (χ1) is 9.90. The normalized spacial score (nSPS) is 11.0. The van der Waals surface area contributed by atoms with Gasteiger partial charge in [-0.05, 0) is 36.1 Å². The molecule has 0 amide bonds. The van der Waals surface area contributed by atoms with Crippen molar-refractivity contribution in [2.45, 2.75) is 20.3 Å². The fourth-order valence-corrected chi connectivity index (χ4v) is 2.17. The van der Waals surface area contributed by atoms with Gasteiger partial charge in [0.25, 0.3) is 0 Å². The van der Waals surface area contributed by atoms with E-state index < -0.39 is 28.8 Å². The van der Waals surface area contributed by atoms with E-state index >= 15 is 0 Å². The van der Waals surface area contributed by atoms with E-state index in [1.807, 2.05) is 19.9 Å². The summed E-state index contributed by atoms with van der Waals surface area (Å²) in [5, 5.41) is 0. The smallest absolute Gasteiger partial charge is 0.196 e. The molecule has 0 aliphatic heterocycles. The molecule has 0 aliphatic rings. The van der Waals surface area contributed by atoms with Crippen LogP contribution < -0.4 is 0 Å². The molecule has 0 aromatic heterocycles. The van der Waals surface area contributed by atoms with E-state index in [1.165, 1.54) is 6.07 Å². The van der Waals surface area contributed by atoms with Crippen LogP contribution in [0.4, 0.5) is 13.2 Å². The van der Waals surface area contributed by atoms with Gasteiger partial charge in [-0.25, -0.2) is 13.2 Å². The highest BCUT2D eigenvalue weighted by molar-refractivity contribution is 6.09. The van der Waals surface area contributed by atoms with E-state index in [9.17, 15) is 18.0 Å². The Balaban J connectivity index is 2.39. The van der Waals surface area contributed by atoms with Gasteiger partial charge in [0.2, 0.25) is 0 Å². The minimum atomic E-state index is -1.63. The molecule has 0 heterocycles. The van der Waals surface area contributed by atoms with E-state index in [4.69, 9.17) is 0 Å². The first-order valence-corrected chi connectivity index (χ1v) is 6.67. The molecule has 0 spiro atoms. The average molecular weight is 292 g/mol. The van der Waals surface area contributed by atoms with Crippen LogP contribution in [-0.4, -0.2) is 5.78 Å². The number of hydrogen-bond acceptors (Lipinski definition) is 1. The Morgan fingerprint density at radius 2 is 1.76 bits per heavy atom. The maximum absolute atomic E-state index is 13.7. The molecule has 0 unspecified atom stereocenters. The first kappa shape index (κ1) is 15.3. The first-order valence-electron chi connectivity index (χ1n) is 6.67. The fraction of sp³-hybridized carbons (Fsp3) is 0.235. The number of carbonyl (C=O) groups excluding carboxylic acids is 1. The van der Waals surface area contributed by atoms with Gasteiger partial charge in [0.05, 0.1) is 5.56 Å². The summed E-state index contributed by atoms with van der Waals surface area (Å²) < 4.78 is 39.8. The van der Waals surface area contributed by atoms with Crippen LogP contribution in [0, 0.1) is 23.4 Å². The van der Waals surface area contributed by atoms with Crippen molar-refractivity contribution in [3.05, 3.63) is 70.5 Å². The zero-order valence-corrected chi connectivity index (χ0v) is 11.8. The Bertz CT molecular complexity index is 678. The number of hydrogen-bond donors (Lipinski definition) is 0. The number of halogens is 3. The summed E-state index contributed by atoms with van der Waals surface area (Å²) in [5.41, 5.74) is 0.743. The van der Waals surface area contributed by atoms with Crippen LogP contribution in [0.1, 0.15) is 35.3 Å². The Hall–Kier alpha value is -2.10. The van der Waals surface area contributed by atoms with E-state index in [2.05, 4.69) is 0 Å². The van der Waals surface area contributed by atoms with Gasteiger partial charge in [0.15, 0.2) is 23.2 Å². The van der Waals surface area contributed by atoms with Crippen molar-refractivity contribution < 1.29 is 18.0 Å². The fourth-order valence-electron chi connectivity index (χ4n) is 2.17. The molecule has 110 valence electrons. The van der Waals surface area contributed by atoms with Crippen molar-refractivity contribution in [3.63, 3.8) is 0 Å². The number of rotatable bonds is 4. The Morgan fingerprint density at radius 1 is 1.05 bits per heavy atom. The van der Waals surface area contributed by atoms with Crippen molar-refractivity contribution >= 4 is 5.78 Å². The van der Waals surface area contributed by atoms with Gasteiger partial charge < -0.3 is 0 Å².